The maximum absolute atomic E-state index is 13.0. The van der Waals surface area contributed by atoms with E-state index in [-0.39, 0.29) is 12.2 Å². The van der Waals surface area contributed by atoms with Gasteiger partial charge in [-0.2, -0.15) is 8.42 Å². The molecule has 0 aliphatic carbocycles. The zero-order valence-electron chi connectivity index (χ0n) is 10.6. The second kappa shape index (κ2) is 4.13. The zero-order chi connectivity index (χ0) is 14.5. The Hall–Kier alpha value is -1.73. The molecular weight excluding hydrogens is 287 g/mol. The Kier molecular flexibility index (Phi) is 2.74. The van der Waals surface area contributed by atoms with Crippen molar-refractivity contribution in [3.05, 3.63) is 41.2 Å². The van der Waals surface area contributed by atoms with Crippen LogP contribution in [0.5, 0.6) is 0 Å². The lowest BCUT2D eigenvalue weighted by molar-refractivity contribution is -0.146. The van der Waals surface area contributed by atoms with Gasteiger partial charge in [0.25, 0.3) is 10.1 Å². The third-order valence-electron chi connectivity index (χ3n) is 3.43. The summed E-state index contributed by atoms with van der Waals surface area (Å²) < 4.78 is 46.1. The molecule has 0 aromatic heterocycles. The smallest absolute Gasteiger partial charge is 0.339 e. The van der Waals surface area contributed by atoms with Crippen LogP contribution < -0.4 is 0 Å². The van der Waals surface area contributed by atoms with Crippen molar-refractivity contribution in [1.82, 2.24) is 0 Å². The molecule has 0 spiro atoms. The summed E-state index contributed by atoms with van der Waals surface area (Å²) in [5, 5.41) is 0. The average Bonchev–Trinajstić information content (AvgIpc) is 2.61. The molecule has 2 aliphatic rings. The van der Waals surface area contributed by atoms with Crippen LogP contribution in [0.1, 0.15) is 12.5 Å². The van der Waals surface area contributed by atoms with Crippen LogP contribution in [0.3, 0.4) is 0 Å². The molecule has 1 atom stereocenters. The number of carbonyl (C=O) groups excluding carboxylic acids is 1. The van der Waals surface area contributed by atoms with Crippen LogP contribution >= 0.6 is 0 Å². The van der Waals surface area contributed by atoms with Gasteiger partial charge in [0.1, 0.15) is 18.2 Å². The molecule has 1 unspecified atom stereocenters. The first-order chi connectivity index (χ1) is 9.31. The second-order valence-electron chi connectivity index (χ2n) is 4.95. The normalized spacial score (nSPS) is 28.2. The molecule has 0 N–H and O–H groups in total. The van der Waals surface area contributed by atoms with Crippen molar-refractivity contribution in [2.75, 3.05) is 12.4 Å². The lowest BCUT2D eigenvalue weighted by Crippen LogP contribution is -2.42. The van der Waals surface area contributed by atoms with E-state index in [0.29, 0.717) is 11.1 Å². The summed E-state index contributed by atoms with van der Waals surface area (Å²) in [5.74, 6) is -1.45. The Labute approximate surface area is 115 Å². The SMILES string of the molecule is CC12COS(=O)(=O)CC1=C(c1ccc(F)cc1)C(=O)O2. The number of fused-ring (bicyclic) bond motifs is 1. The van der Waals surface area contributed by atoms with Crippen LogP contribution in [0, 0.1) is 5.82 Å². The average molecular weight is 298 g/mol. The van der Waals surface area contributed by atoms with Gasteiger partial charge in [-0.3, -0.25) is 4.18 Å². The summed E-state index contributed by atoms with van der Waals surface area (Å²) in [6.45, 7) is 1.37. The number of carbonyl (C=O) groups is 1. The molecule has 0 radical (unpaired) electrons. The minimum Gasteiger partial charge on any atom is -0.449 e. The summed E-state index contributed by atoms with van der Waals surface area (Å²) in [6, 6.07) is 5.26. The molecule has 2 heterocycles. The first kappa shape index (κ1) is 13.3. The van der Waals surface area contributed by atoms with Gasteiger partial charge in [-0.1, -0.05) is 12.1 Å². The fraction of sp³-hybridized carbons (Fsp3) is 0.308. The monoisotopic (exact) mass is 298 g/mol. The molecule has 2 aliphatic heterocycles. The Balaban J connectivity index is 2.17. The maximum Gasteiger partial charge on any atom is 0.339 e. The number of halogens is 1. The van der Waals surface area contributed by atoms with Crippen LogP contribution in [0.2, 0.25) is 0 Å². The highest BCUT2D eigenvalue weighted by Gasteiger charge is 2.50. The fourth-order valence-electron chi connectivity index (χ4n) is 2.38. The zero-order valence-corrected chi connectivity index (χ0v) is 11.4. The quantitative estimate of drug-likeness (QED) is 0.576. The Bertz CT molecular complexity index is 720. The number of benzene rings is 1. The van der Waals surface area contributed by atoms with E-state index in [4.69, 9.17) is 8.92 Å². The van der Waals surface area contributed by atoms with Gasteiger partial charge >= 0.3 is 5.97 Å². The lowest BCUT2D eigenvalue weighted by Gasteiger charge is -2.30. The molecule has 0 saturated carbocycles. The lowest BCUT2D eigenvalue weighted by atomic mass is 9.92. The Morgan fingerprint density at radius 1 is 1.25 bits per heavy atom. The van der Waals surface area contributed by atoms with Gasteiger partial charge in [-0.05, 0) is 24.6 Å². The summed E-state index contributed by atoms with van der Waals surface area (Å²) in [6.07, 6.45) is 0. The van der Waals surface area contributed by atoms with Crippen molar-refractivity contribution in [2.24, 2.45) is 0 Å². The minimum atomic E-state index is -3.71. The van der Waals surface area contributed by atoms with E-state index in [2.05, 4.69) is 0 Å². The predicted molar refractivity (Wildman–Crippen MR) is 67.6 cm³/mol. The van der Waals surface area contributed by atoms with Crippen LogP contribution in [-0.2, 0) is 23.8 Å². The molecule has 1 aromatic rings. The van der Waals surface area contributed by atoms with Crippen LogP contribution in [0.4, 0.5) is 4.39 Å². The Morgan fingerprint density at radius 3 is 2.55 bits per heavy atom. The van der Waals surface area contributed by atoms with E-state index in [9.17, 15) is 17.6 Å². The largest absolute Gasteiger partial charge is 0.449 e. The van der Waals surface area contributed by atoms with Gasteiger partial charge in [0.05, 0.1) is 5.57 Å². The van der Waals surface area contributed by atoms with Crippen molar-refractivity contribution in [3.8, 4) is 0 Å². The van der Waals surface area contributed by atoms with Crippen molar-refractivity contribution in [2.45, 2.75) is 12.5 Å². The van der Waals surface area contributed by atoms with E-state index < -0.39 is 33.3 Å². The van der Waals surface area contributed by atoms with Crippen molar-refractivity contribution >= 4 is 21.7 Å². The van der Waals surface area contributed by atoms with E-state index in [0.717, 1.165) is 0 Å². The second-order valence-corrected chi connectivity index (χ2v) is 6.58. The standard InChI is InChI=1S/C13H11FO5S/c1-13-7-18-20(16,17)6-10(13)11(12(15)19-13)8-2-4-9(14)5-3-8/h2-5H,6-7H2,1H3. The topological polar surface area (TPSA) is 69.7 Å². The van der Waals surface area contributed by atoms with Gasteiger partial charge in [-0.25, -0.2) is 9.18 Å². The highest BCUT2D eigenvalue weighted by molar-refractivity contribution is 7.87. The molecule has 0 amide bonds. The van der Waals surface area contributed by atoms with E-state index in [1.54, 1.807) is 6.92 Å². The molecule has 3 rings (SSSR count). The first-order valence-electron chi connectivity index (χ1n) is 5.91. The van der Waals surface area contributed by atoms with Crippen LogP contribution in [-0.4, -0.2) is 32.3 Å². The molecule has 0 bridgehead atoms. The van der Waals surface area contributed by atoms with Crippen molar-refractivity contribution in [1.29, 1.82) is 0 Å². The maximum atomic E-state index is 13.0. The number of hydrogen-bond acceptors (Lipinski definition) is 5. The fourth-order valence-corrected chi connectivity index (χ4v) is 3.67. The van der Waals surface area contributed by atoms with Crippen LogP contribution in [0.15, 0.2) is 29.8 Å². The van der Waals surface area contributed by atoms with Gasteiger partial charge in [0, 0.05) is 5.57 Å². The summed E-state index contributed by atoms with van der Waals surface area (Å²) in [7, 11) is -3.71. The molecule has 1 aromatic carbocycles. The first-order valence-corrected chi connectivity index (χ1v) is 7.48. The number of esters is 1. The molecular formula is C13H11FO5S. The summed E-state index contributed by atoms with van der Waals surface area (Å²) in [5.41, 5.74) is -0.0986. The molecule has 1 saturated heterocycles. The summed E-state index contributed by atoms with van der Waals surface area (Å²) >= 11 is 0. The van der Waals surface area contributed by atoms with Gasteiger partial charge < -0.3 is 4.74 Å². The highest BCUT2D eigenvalue weighted by atomic mass is 32.2. The predicted octanol–water partition coefficient (Wildman–Crippen LogP) is 1.25. The number of hydrogen-bond donors (Lipinski definition) is 0. The molecule has 5 nitrogen and oxygen atoms in total. The minimum absolute atomic E-state index is 0.180. The molecule has 1 fully saturated rings. The van der Waals surface area contributed by atoms with Gasteiger partial charge in [0.2, 0.25) is 0 Å². The molecule has 20 heavy (non-hydrogen) atoms. The number of ether oxygens (including phenoxy) is 1. The Morgan fingerprint density at radius 2 is 1.90 bits per heavy atom. The number of rotatable bonds is 1. The molecule has 106 valence electrons. The van der Waals surface area contributed by atoms with Crippen molar-refractivity contribution < 1.29 is 26.5 Å². The summed E-state index contributed by atoms with van der Waals surface area (Å²) in [4.78, 5) is 12.0. The third-order valence-corrected chi connectivity index (χ3v) is 4.55. The van der Waals surface area contributed by atoms with Crippen molar-refractivity contribution in [3.63, 3.8) is 0 Å². The van der Waals surface area contributed by atoms with E-state index >= 15 is 0 Å². The van der Waals surface area contributed by atoms with E-state index in [1.165, 1.54) is 24.3 Å². The molecule has 7 heteroatoms. The van der Waals surface area contributed by atoms with E-state index in [1.807, 2.05) is 0 Å². The van der Waals surface area contributed by atoms with Gasteiger partial charge in [-0.15, -0.1) is 0 Å². The van der Waals surface area contributed by atoms with Gasteiger partial charge in [0.15, 0.2) is 5.60 Å². The third kappa shape index (κ3) is 2.03. The highest BCUT2D eigenvalue weighted by Crippen LogP contribution is 2.41. The van der Waals surface area contributed by atoms with Crippen LogP contribution in [0.25, 0.3) is 5.57 Å².